The first-order chi connectivity index (χ1) is 18.1. The standard InChI is InChI=1S/C28H31N9/c1-18-13-22-16-37(17-24(18)32-22)15-20-6-4-7-21(14-20)33-28-30-12-10-26(36-28)34-25-9-11-29-27(35-25)23-8-3-5-19(2)31-23/h3-12,14,18,22,24,32H,13,15-17H2,1-2H3,(H2,29,30,33,34,35,36). The monoisotopic (exact) mass is 493 g/mol. The molecular formula is C28H31N9. The van der Waals surface area contributed by atoms with Crippen LogP contribution in [0.5, 0.6) is 0 Å². The molecule has 188 valence electrons. The third-order valence-electron chi connectivity index (χ3n) is 7.00. The van der Waals surface area contributed by atoms with Gasteiger partial charge in [0.05, 0.1) is 0 Å². The van der Waals surface area contributed by atoms with E-state index in [1.54, 1.807) is 18.5 Å². The fourth-order valence-electron chi connectivity index (χ4n) is 5.28. The second-order valence-electron chi connectivity index (χ2n) is 10.0. The van der Waals surface area contributed by atoms with Crippen LogP contribution in [0.3, 0.4) is 0 Å². The Hall–Kier alpha value is -3.95. The van der Waals surface area contributed by atoms with Gasteiger partial charge in [0, 0.05) is 55.5 Å². The number of hydrogen-bond donors (Lipinski definition) is 3. The maximum atomic E-state index is 4.63. The number of likely N-dealkylation sites (tertiary alicyclic amines) is 1. The van der Waals surface area contributed by atoms with Gasteiger partial charge in [-0.3, -0.25) is 4.90 Å². The summed E-state index contributed by atoms with van der Waals surface area (Å²) in [4.78, 5) is 25.1. The summed E-state index contributed by atoms with van der Waals surface area (Å²) in [5.41, 5.74) is 3.91. The van der Waals surface area contributed by atoms with Crippen molar-refractivity contribution in [1.82, 2.24) is 35.1 Å². The number of nitrogens with one attached hydrogen (secondary N) is 3. The van der Waals surface area contributed by atoms with Crippen molar-refractivity contribution in [3.05, 3.63) is 78.2 Å². The first kappa shape index (κ1) is 23.4. The summed E-state index contributed by atoms with van der Waals surface area (Å²) >= 11 is 0. The fraction of sp³-hybridized carbons (Fsp3) is 0.321. The van der Waals surface area contributed by atoms with Gasteiger partial charge in [0.15, 0.2) is 5.82 Å². The van der Waals surface area contributed by atoms with Crippen molar-refractivity contribution in [1.29, 1.82) is 0 Å². The Kier molecular flexibility index (Phi) is 6.46. The Bertz CT molecular complexity index is 1390. The van der Waals surface area contributed by atoms with E-state index in [4.69, 9.17) is 0 Å². The van der Waals surface area contributed by atoms with Gasteiger partial charge in [0.1, 0.15) is 17.3 Å². The van der Waals surface area contributed by atoms with Crippen molar-refractivity contribution in [2.24, 2.45) is 5.92 Å². The molecule has 4 aromatic rings. The van der Waals surface area contributed by atoms with Crippen LogP contribution in [0.15, 0.2) is 67.0 Å². The lowest BCUT2D eigenvalue weighted by atomic mass is 10.0. The lowest BCUT2D eigenvalue weighted by Gasteiger charge is -2.33. The summed E-state index contributed by atoms with van der Waals surface area (Å²) < 4.78 is 0. The molecule has 0 aliphatic carbocycles. The molecular weight excluding hydrogens is 462 g/mol. The number of fused-ring (bicyclic) bond motifs is 2. The Labute approximate surface area is 216 Å². The van der Waals surface area contributed by atoms with Crippen molar-refractivity contribution in [2.45, 2.75) is 38.9 Å². The smallest absolute Gasteiger partial charge is 0.229 e. The number of benzene rings is 1. The Morgan fingerprint density at radius 1 is 0.919 bits per heavy atom. The highest BCUT2D eigenvalue weighted by atomic mass is 15.2. The van der Waals surface area contributed by atoms with E-state index in [1.165, 1.54) is 12.0 Å². The number of nitrogens with zero attached hydrogens (tertiary/aromatic N) is 6. The minimum atomic E-state index is 0.519. The Morgan fingerprint density at radius 2 is 1.76 bits per heavy atom. The molecule has 2 aliphatic rings. The van der Waals surface area contributed by atoms with Gasteiger partial charge in [-0.25, -0.2) is 19.9 Å². The summed E-state index contributed by atoms with van der Waals surface area (Å²) in [7, 11) is 0. The molecule has 5 heterocycles. The number of piperazine rings is 1. The molecule has 9 heteroatoms. The number of aryl methyl sites for hydroxylation is 1. The average molecular weight is 494 g/mol. The number of aromatic nitrogens is 5. The van der Waals surface area contributed by atoms with E-state index in [0.29, 0.717) is 35.5 Å². The minimum absolute atomic E-state index is 0.519. The van der Waals surface area contributed by atoms with E-state index in [-0.39, 0.29) is 0 Å². The van der Waals surface area contributed by atoms with Crippen molar-refractivity contribution in [3.8, 4) is 11.5 Å². The molecule has 37 heavy (non-hydrogen) atoms. The van der Waals surface area contributed by atoms with Crippen LogP contribution in [0.4, 0.5) is 23.3 Å². The fourth-order valence-corrected chi connectivity index (χ4v) is 5.28. The maximum absolute atomic E-state index is 4.63. The van der Waals surface area contributed by atoms with Gasteiger partial charge in [-0.2, -0.15) is 4.98 Å². The van der Waals surface area contributed by atoms with Crippen molar-refractivity contribution >= 4 is 23.3 Å². The van der Waals surface area contributed by atoms with E-state index in [2.05, 4.69) is 70.9 Å². The Morgan fingerprint density at radius 3 is 2.62 bits per heavy atom. The number of anilines is 4. The predicted molar refractivity (Wildman–Crippen MR) is 145 cm³/mol. The summed E-state index contributed by atoms with van der Waals surface area (Å²) in [6, 6.07) is 19.2. The van der Waals surface area contributed by atoms with Gasteiger partial charge in [-0.05, 0) is 61.2 Å². The van der Waals surface area contributed by atoms with E-state index < -0.39 is 0 Å². The first-order valence-electron chi connectivity index (χ1n) is 12.8. The van der Waals surface area contributed by atoms with Crippen molar-refractivity contribution in [3.63, 3.8) is 0 Å². The zero-order valence-corrected chi connectivity index (χ0v) is 21.1. The van der Waals surface area contributed by atoms with Gasteiger partial charge >= 0.3 is 0 Å². The molecule has 2 aliphatic heterocycles. The first-order valence-corrected chi connectivity index (χ1v) is 12.8. The molecule has 2 saturated heterocycles. The van der Waals surface area contributed by atoms with Crippen LogP contribution < -0.4 is 16.0 Å². The molecule has 0 amide bonds. The minimum Gasteiger partial charge on any atom is -0.325 e. The van der Waals surface area contributed by atoms with E-state index in [1.807, 2.05) is 37.3 Å². The predicted octanol–water partition coefficient (Wildman–Crippen LogP) is 4.31. The van der Waals surface area contributed by atoms with Gasteiger partial charge in [-0.15, -0.1) is 0 Å². The third kappa shape index (κ3) is 5.58. The second kappa shape index (κ2) is 10.2. The highest BCUT2D eigenvalue weighted by Crippen LogP contribution is 2.27. The number of pyridine rings is 1. The van der Waals surface area contributed by atoms with Crippen LogP contribution in [-0.2, 0) is 6.54 Å². The molecule has 0 spiro atoms. The topological polar surface area (TPSA) is 104 Å². The van der Waals surface area contributed by atoms with Crippen LogP contribution >= 0.6 is 0 Å². The van der Waals surface area contributed by atoms with Crippen molar-refractivity contribution < 1.29 is 0 Å². The van der Waals surface area contributed by atoms with Crippen LogP contribution in [0.1, 0.15) is 24.6 Å². The van der Waals surface area contributed by atoms with Gasteiger partial charge < -0.3 is 16.0 Å². The third-order valence-corrected chi connectivity index (χ3v) is 7.00. The molecule has 3 aromatic heterocycles. The molecule has 3 atom stereocenters. The highest BCUT2D eigenvalue weighted by Gasteiger charge is 2.36. The van der Waals surface area contributed by atoms with Crippen molar-refractivity contribution in [2.75, 3.05) is 23.7 Å². The summed E-state index contributed by atoms with van der Waals surface area (Å²) in [6.45, 7) is 7.48. The molecule has 0 saturated carbocycles. The van der Waals surface area contributed by atoms with Crippen LogP contribution in [0.25, 0.3) is 11.5 Å². The summed E-state index contributed by atoms with van der Waals surface area (Å²) in [6.07, 6.45) is 4.72. The molecule has 2 fully saturated rings. The molecule has 0 radical (unpaired) electrons. The lowest BCUT2D eigenvalue weighted by Crippen LogP contribution is -2.51. The molecule has 9 nitrogen and oxygen atoms in total. The van der Waals surface area contributed by atoms with Crippen LogP contribution in [-0.4, -0.2) is 55.0 Å². The SMILES string of the molecule is Cc1cccc(-c2nccc(Nc3ccnc(Nc4cccc(CN5CC6CC(C)C(C5)N6)c4)n3)n2)n1. The largest absolute Gasteiger partial charge is 0.325 e. The average Bonchev–Trinajstić information content (AvgIpc) is 3.15. The van der Waals surface area contributed by atoms with Gasteiger partial charge in [-0.1, -0.05) is 25.1 Å². The van der Waals surface area contributed by atoms with E-state index >= 15 is 0 Å². The zero-order valence-electron chi connectivity index (χ0n) is 21.1. The van der Waals surface area contributed by atoms with Gasteiger partial charge in [0.25, 0.3) is 0 Å². The number of hydrogen-bond acceptors (Lipinski definition) is 9. The number of rotatable bonds is 7. The van der Waals surface area contributed by atoms with Crippen LogP contribution in [0.2, 0.25) is 0 Å². The van der Waals surface area contributed by atoms with E-state index in [0.717, 1.165) is 42.6 Å². The molecule has 3 N–H and O–H groups in total. The molecule has 3 unspecified atom stereocenters. The quantitative estimate of drug-likeness (QED) is 0.347. The second-order valence-corrected chi connectivity index (χ2v) is 10.0. The highest BCUT2D eigenvalue weighted by molar-refractivity contribution is 5.59. The maximum Gasteiger partial charge on any atom is 0.229 e. The molecule has 1 aromatic carbocycles. The van der Waals surface area contributed by atoms with E-state index in [9.17, 15) is 0 Å². The lowest BCUT2D eigenvalue weighted by molar-refractivity contribution is 0.183. The summed E-state index contributed by atoms with van der Waals surface area (Å²) in [5.74, 6) is 3.12. The normalized spacial score (nSPS) is 21.1. The molecule has 2 bridgehead atoms. The zero-order chi connectivity index (χ0) is 25.2. The summed E-state index contributed by atoms with van der Waals surface area (Å²) in [5, 5.41) is 10.4. The Balaban J connectivity index is 1.12. The van der Waals surface area contributed by atoms with Gasteiger partial charge in [0.2, 0.25) is 5.95 Å². The molecule has 6 rings (SSSR count). The van der Waals surface area contributed by atoms with Crippen LogP contribution in [0, 0.1) is 12.8 Å².